The van der Waals surface area contributed by atoms with E-state index in [9.17, 15) is 4.79 Å². The number of rotatable bonds is 3. The van der Waals surface area contributed by atoms with Crippen molar-refractivity contribution in [1.29, 1.82) is 0 Å². The van der Waals surface area contributed by atoms with E-state index in [0.29, 0.717) is 13.0 Å². The standard InChI is InChI=1S/C15H20N2O3/c16-12(9-17-7-3-1-2-4-15(17)18)11-5-6-13-14(8-11)20-10-19-13/h5-6,8,12H,1-4,7,9-10,16H2. The number of nitrogens with two attached hydrogens (primary N) is 1. The van der Waals surface area contributed by atoms with Crippen LogP contribution in [-0.4, -0.2) is 30.7 Å². The van der Waals surface area contributed by atoms with Gasteiger partial charge in [-0.3, -0.25) is 4.79 Å². The summed E-state index contributed by atoms with van der Waals surface area (Å²) in [5, 5.41) is 0. The van der Waals surface area contributed by atoms with Gasteiger partial charge in [-0.2, -0.15) is 0 Å². The number of fused-ring (bicyclic) bond motifs is 1. The van der Waals surface area contributed by atoms with Gasteiger partial charge in [0.2, 0.25) is 12.7 Å². The minimum atomic E-state index is -0.188. The second-order valence-corrected chi connectivity index (χ2v) is 5.37. The van der Waals surface area contributed by atoms with Gasteiger partial charge in [0.15, 0.2) is 11.5 Å². The van der Waals surface area contributed by atoms with E-state index < -0.39 is 0 Å². The minimum absolute atomic E-state index is 0.188. The summed E-state index contributed by atoms with van der Waals surface area (Å²) in [4.78, 5) is 13.9. The molecule has 0 saturated carbocycles. The van der Waals surface area contributed by atoms with E-state index in [1.54, 1.807) is 0 Å². The molecule has 0 spiro atoms. The van der Waals surface area contributed by atoms with Crippen LogP contribution in [-0.2, 0) is 4.79 Å². The normalized spacial score (nSPS) is 19.9. The first kappa shape index (κ1) is 13.2. The molecule has 0 radical (unpaired) electrons. The largest absolute Gasteiger partial charge is 0.454 e. The van der Waals surface area contributed by atoms with Gasteiger partial charge < -0.3 is 20.1 Å². The van der Waals surface area contributed by atoms with Crippen molar-refractivity contribution in [3.63, 3.8) is 0 Å². The molecule has 1 fully saturated rings. The lowest BCUT2D eigenvalue weighted by Crippen LogP contribution is -2.36. The summed E-state index contributed by atoms with van der Waals surface area (Å²) < 4.78 is 10.7. The van der Waals surface area contributed by atoms with Crippen LogP contribution in [0.15, 0.2) is 18.2 Å². The first-order valence-electron chi connectivity index (χ1n) is 7.17. The fraction of sp³-hybridized carbons (Fsp3) is 0.533. The smallest absolute Gasteiger partial charge is 0.231 e. The molecule has 2 N–H and O–H groups in total. The maximum absolute atomic E-state index is 12.0. The van der Waals surface area contributed by atoms with Crippen LogP contribution >= 0.6 is 0 Å². The molecule has 5 heteroatoms. The Morgan fingerprint density at radius 1 is 1.20 bits per heavy atom. The summed E-state index contributed by atoms with van der Waals surface area (Å²) in [6.07, 6.45) is 3.84. The first-order chi connectivity index (χ1) is 9.74. The Labute approximate surface area is 118 Å². The Kier molecular flexibility index (Phi) is 3.78. The van der Waals surface area contributed by atoms with Gasteiger partial charge in [-0.25, -0.2) is 0 Å². The molecule has 0 aliphatic carbocycles. The molecule has 2 aliphatic heterocycles. The summed E-state index contributed by atoms with van der Waals surface area (Å²) in [5.74, 6) is 1.71. The Balaban J connectivity index is 1.69. The SMILES string of the molecule is NC(CN1CCCCCC1=O)c1ccc2c(c1)OCO2. The van der Waals surface area contributed by atoms with Gasteiger partial charge in [-0.1, -0.05) is 12.5 Å². The molecule has 2 aliphatic rings. The predicted molar refractivity (Wildman–Crippen MR) is 74.5 cm³/mol. The number of hydrogen-bond acceptors (Lipinski definition) is 4. The zero-order valence-corrected chi connectivity index (χ0v) is 11.5. The lowest BCUT2D eigenvalue weighted by molar-refractivity contribution is -0.130. The third-order valence-electron chi connectivity index (χ3n) is 3.91. The molecule has 1 unspecified atom stereocenters. The maximum Gasteiger partial charge on any atom is 0.231 e. The molecule has 5 nitrogen and oxygen atoms in total. The van der Waals surface area contributed by atoms with Crippen LogP contribution in [0.1, 0.15) is 37.3 Å². The summed E-state index contributed by atoms with van der Waals surface area (Å²) in [6, 6.07) is 5.55. The van der Waals surface area contributed by atoms with E-state index in [2.05, 4.69) is 0 Å². The lowest BCUT2D eigenvalue weighted by Gasteiger charge is -2.24. The monoisotopic (exact) mass is 276 g/mol. The molecule has 3 rings (SSSR count). The van der Waals surface area contributed by atoms with Crippen molar-refractivity contribution in [2.45, 2.75) is 31.7 Å². The van der Waals surface area contributed by atoms with E-state index in [1.165, 1.54) is 0 Å². The van der Waals surface area contributed by atoms with Crippen LogP contribution in [0.3, 0.4) is 0 Å². The summed E-state index contributed by atoms with van der Waals surface area (Å²) in [6.45, 7) is 1.65. The number of likely N-dealkylation sites (tertiary alicyclic amines) is 1. The Bertz CT molecular complexity index is 504. The molecule has 2 heterocycles. The molecule has 1 aromatic carbocycles. The topological polar surface area (TPSA) is 64.8 Å². The molecule has 0 bridgehead atoms. The van der Waals surface area contributed by atoms with Crippen LogP contribution in [0.25, 0.3) is 0 Å². The molecule has 1 amide bonds. The molecular formula is C15H20N2O3. The summed E-state index contributed by atoms with van der Waals surface area (Å²) in [7, 11) is 0. The highest BCUT2D eigenvalue weighted by atomic mass is 16.7. The fourth-order valence-electron chi connectivity index (χ4n) is 2.72. The highest BCUT2D eigenvalue weighted by Crippen LogP contribution is 2.34. The van der Waals surface area contributed by atoms with E-state index in [-0.39, 0.29) is 18.7 Å². The van der Waals surface area contributed by atoms with Crippen molar-refractivity contribution in [2.24, 2.45) is 5.73 Å². The molecule has 1 atom stereocenters. The second-order valence-electron chi connectivity index (χ2n) is 5.37. The molecule has 1 saturated heterocycles. The van der Waals surface area contributed by atoms with Crippen molar-refractivity contribution in [1.82, 2.24) is 4.90 Å². The van der Waals surface area contributed by atoms with E-state index >= 15 is 0 Å². The Morgan fingerprint density at radius 2 is 2.05 bits per heavy atom. The zero-order valence-electron chi connectivity index (χ0n) is 11.5. The average Bonchev–Trinajstić information content (AvgIpc) is 2.83. The minimum Gasteiger partial charge on any atom is -0.454 e. The van der Waals surface area contributed by atoms with Gasteiger partial charge >= 0.3 is 0 Å². The molecule has 1 aromatic rings. The summed E-state index contributed by atoms with van der Waals surface area (Å²) in [5.41, 5.74) is 7.22. The van der Waals surface area contributed by atoms with E-state index in [4.69, 9.17) is 15.2 Å². The molecule has 20 heavy (non-hydrogen) atoms. The average molecular weight is 276 g/mol. The van der Waals surface area contributed by atoms with Crippen LogP contribution in [0, 0.1) is 0 Å². The van der Waals surface area contributed by atoms with Crippen molar-refractivity contribution >= 4 is 5.91 Å². The van der Waals surface area contributed by atoms with Gasteiger partial charge in [0.05, 0.1) is 0 Å². The number of amides is 1. The van der Waals surface area contributed by atoms with Crippen molar-refractivity contribution < 1.29 is 14.3 Å². The molecule has 108 valence electrons. The van der Waals surface area contributed by atoms with Gasteiger partial charge in [-0.15, -0.1) is 0 Å². The fourth-order valence-corrected chi connectivity index (χ4v) is 2.72. The van der Waals surface area contributed by atoms with Crippen molar-refractivity contribution in [3.8, 4) is 11.5 Å². The number of nitrogens with zero attached hydrogens (tertiary/aromatic N) is 1. The van der Waals surface area contributed by atoms with Crippen LogP contribution < -0.4 is 15.2 Å². The van der Waals surface area contributed by atoms with Crippen molar-refractivity contribution in [2.75, 3.05) is 19.9 Å². The first-order valence-corrected chi connectivity index (χ1v) is 7.17. The maximum atomic E-state index is 12.0. The lowest BCUT2D eigenvalue weighted by atomic mass is 10.1. The number of carbonyl (C=O) groups is 1. The highest BCUT2D eigenvalue weighted by Gasteiger charge is 2.21. The van der Waals surface area contributed by atoms with Gasteiger partial charge in [0, 0.05) is 25.6 Å². The molecular weight excluding hydrogens is 256 g/mol. The number of benzene rings is 1. The predicted octanol–water partition coefficient (Wildman–Crippen LogP) is 1.82. The quantitative estimate of drug-likeness (QED) is 0.914. The molecule has 0 aromatic heterocycles. The van der Waals surface area contributed by atoms with Gasteiger partial charge in [-0.05, 0) is 30.5 Å². The van der Waals surface area contributed by atoms with E-state index in [0.717, 1.165) is 42.9 Å². The van der Waals surface area contributed by atoms with Gasteiger partial charge in [0.25, 0.3) is 0 Å². The summed E-state index contributed by atoms with van der Waals surface area (Å²) >= 11 is 0. The second kappa shape index (κ2) is 5.71. The van der Waals surface area contributed by atoms with Crippen LogP contribution in [0.4, 0.5) is 0 Å². The van der Waals surface area contributed by atoms with Crippen LogP contribution in [0.5, 0.6) is 11.5 Å². The Morgan fingerprint density at radius 3 is 2.95 bits per heavy atom. The van der Waals surface area contributed by atoms with E-state index in [1.807, 2.05) is 23.1 Å². The number of hydrogen-bond donors (Lipinski definition) is 1. The third-order valence-corrected chi connectivity index (χ3v) is 3.91. The Hall–Kier alpha value is -1.75. The number of carbonyl (C=O) groups excluding carboxylic acids is 1. The third kappa shape index (κ3) is 2.72. The number of ether oxygens (including phenoxy) is 2. The van der Waals surface area contributed by atoms with Crippen LogP contribution in [0.2, 0.25) is 0 Å². The van der Waals surface area contributed by atoms with Crippen molar-refractivity contribution in [3.05, 3.63) is 23.8 Å². The zero-order chi connectivity index (χ0) is 13.9. The van der Waals surface area contributed by atoms with Gasteiger partial charge in [0.1, 0.15) is 0 Å². The highest BCUT2D eigenvalue weighted by molar-refractivity contribution is 5.76.